The molecule has 3 heterocycles. The lowest BCUT2D eigenvalue weighted by molar-refractivity contribution is 0.0972. The maximum absolute atomic E-state index is 13.2. The second-order valence-electron chi connectivity index (χ2n) is 7.32. The summed E-state index contributed by atoms with van der Waals surface area (Å²) in [6.07, 6.45) is 4.15. The van der Waals surface area contributed by atoms with Crippen LogP contribution in [0.4, 0.5) is 0 Å². The molecule has 2 aromatic heterocycles. The molecule has 3 nitrogen and oxygen atoms in total. The highest BCUT2D eigenvalue weighted by molar-refractivity contribution is 7.08. The normalized spacial score (nSPS) is 15.6. The van der Waals surface area contributed by atoms with E-state index in [1.165, 1.54) is 22.3 Å². The van der Waals surface area contributed by atoms with Crippen molar-refractivity contribution in [2.75, 3.05) is 0 Å². The number of allylic oxidation sites excluding steroid dienone is 2. The maximum atomic E-state index is 13.2. The molecule has 0 spiro atoms. The molecule has 0 saturated heterocycles. The monoisotopic (exact) mass is 396 g/mol. The Hall–Kier alpha value is -3.24. The zero-order valence-electron chi connectivity index (χ0n) is 16.1. The van der Waals surface area contributed by atoms with Gasteiger partial charge in [-0.15, -0.1) is 0 Å². The van der Waals surface area contributed by atoms with Crippen LogP contribution >= 0.6 is 11.3 Å². The minimum absolute atomic E-state index is 0.0287. The van der Waals surface area contributed by atoms with Crippen molar-refractivity contribution in [3.05, 3.63) is 101 Å². The topological polar surface area (TPSA) is 34.9 Å². The van der Waals surface area contributed by atoms with Gasteiger partial charge < -0.3 is 4.57 Å². The molecule has 5 rings (SSSR count). The van der Waals surface area contributed by atoms with Crippen LogP contribution in [0.3, 0.4) is 0 Å². The van der Waals surface area contributed by atoms with Crippen molar-refractivity contribution in [2.24, 2.45) is 0 Å². The third-order valence-electron chi connectivity index (χ3n) is 5.65. The summed E-state index contributed by atoms with van der Waals surface area (Å²) in [5, 5.41) is 4.19. The molecule has 4 aromatic rings. The zero-order chi connectivity index (χ0) is 19.8. The molecule has 0 bridgehead atoms. The summed E-state index contributed by atoms with van der Waals surface area (Å²) in [5.41, 5.74) is 7.75. The van der Waals surface area contributed by atoms with Crippen LogP contribution in [0.2, 0.25) is 0 Å². The molecule has 1 aliphatic heterocycles. The fraction of sp³-hybridized carbons (Fsp3) is 0.120. The predicted molar refractivity (Wildman–Crippen MR) is 119 cm³/mol. The van der Waals surface area contributed by atoms with Gasteiger partial charge in [-0.25, -0.2) is 4.98 Å². The number of thiophene rings is 1. The van der Waals surface area contributed by atoms with Crippen molar-refractivity contribution in [3.63, 3.8) is 0 Å². The number of benzene rings is 2. The van der Waals surface area contributed by atoms with E-state index in [-0.39, 0.29) is 11.8 Å². The van der Waals surface area contributed by atoms with E-state index in [0.29, 0.717) is 6.42 Å². The molecular weight excluding hydrogens is 376 g/mol. The SMILES string of the molecule is CC1=C(c2ccccc2)C(CC(=O)c2ccc(-c3ccsc3)cc2)n2cncc21. The second kappa shape index (κ2) is 7.30. The van der Waals surface area contributed by atoms with Crippen LogP contribution in [0, 0.1) is 0 Å². The zero-order valence-corrected chi connectivity index (χ0v) is 16.9. The molecule has 29 heavy (non-hydrogen) atoms. The number of hydrogen-bond acceptors (Lipinski definition) is 3. The van der Waals surface area contributed by atoms with Crippen molar-refractivity contribution >= 4 is 28.3 Å². The number of carbonyl (C=O) groups excluding carboxylic acids is 1. The van der Waals surface area contributed by atoms with E-state index in [9.17, 15) is 4.79 Å². The summed E-state index contributed by atoms with van der Waals surface area (Å²) >= 11 is 1.68. The number of fused-ring (bicyclic) bond motifs is 1. The standard InChI is InChI=1S/C25H20N2OS/c1-17-23-14-26-16-27(23)22(25(17)20-5-3-2-4-6-20)13-24(28)19-9-7-18(8-10-19)21-11-12-29-15-21/h2-12,14-16,22H,13H2,1H3. The highest BCUT2D eigenvalue weighted by atomic mass is 32.1. The average Bonchev–Trinajstić information content (AvgIpc) is 3.49. The number of hydrogen-bond donors (Lipinski definition) is 0. The van der Waals surface area contributed by atoms with Crippen molar-refractivity contribution in [1.82, 2.24) is 9.55 Å². The van der Waals surface area contributed by atoms with Crippen LogP contribution in [-0.4, -0.2) is 15.3 Å². The summed E-state index contributed by atoms with van der Waals surface area (Å²) in [6, 6.07) is 20.4. The first-order valence-electron chi connectivity index (χ1n) is 9.66. The quantitative estimate of drug-likeness (QED) is 0.367. The van der Waals surface area contributed by atoms with Gasteiger partial charge in [-0.1, -0.05) is 54.6 Å². The summed E-state index contributed by atoms with van der Waals surface area (Å²) in [7, 11) is 0. The van der Waals surface area contributed by atoms with Gasteiger partial charge in [0.15, 0.2) is 5.78 Å². The number of imidazole rings is 1. The van der Waals surface area contributed by atoms with Crippen molar-refractivity contribution < 1.29 is 4.79 Å². The first-order valence-corrected chi connectivity index (χ1v) is 10.6. The molecule has 1 unspecified atom stereocenters. The Kier molecular flexibility index (Phi) is 4.49. The molecule has 0 fully saturated rings. The van der Waals surface area contributed by atoms with Gasteiger partial charge in [0.1, 0.15) is 0 Å². The molecule has 1 atom stereocenters. The van der Waals surface area contributed by atoms with E-state index < -0.39 is 0 Å². The van der Waals surface area contributed by atoms with Gasteiger partial charge in [0.05, 0.1) is 24.3 Å². The van der Waals surface area contributed by atoms with Gasteiger partial charge in [0.25, 0.3) is 0 Å². The molecule has 0 N–H and O–H groups in total. The first kappa shape index (κ1) is 17.8. The van der Waals surface area contributed by atoms with Gasteiger partial charge in [-0.2, -0.15) is 11.3 Å². The highest BCUT2D eigenvalue weighted by Crippen LogP contribution is 2.44. The third-order valence-corrected chi connectivity index (χ3v) is 6.33. The average molecular weight is 397 g/mol. The van der Waals surface area contributed by atoms with Crippen LogP contribution < -0.4 is 0 Å². The second-order valence-corrected chi connectivity index (χ2v) is 8.10. The fourth-order valence-electron chi connectivity index (χ4n) is 4.17. The van der Waals surface area contributed by atoms with E-state index in [1.54, 1.807) is 11.3 Å². The largest absolute Gasteiger partial charge is 0.323 e. The summed E-state index contributed by atoms with van der Waals surface area (Å²) in [5.74, 6) is 0.148. The van der Waals surface area contributed by atoms with E-state index in [1.807, 2.05) is 55.0 Å². The number of aromatic nitrogens is 2. The van der Waals surface area contributed by atoms with E-state index in [2.05, 4.69) is 45.4 Å². The van der Waals surface area contributed by atoms with Crippen LogP contribution in [0.15, 0.2) is 83.9 Å². The lowest BCUT2D eigenvalue weighted by Gasteiger charge is -2.18. The number of nitrogens with zero attached hydrogens (tertiary/aromatic N) is 2. The Labute approximate surface area is 174 Å². The van der Waals surface area contributed by atoms with Crippen molar-refractivity contribution in [3.8, 4) is 11.1 Å². The Morgan fingerprint density at radius 3 is 2.52 bits per heavy atom. The third kappa shape index (κ3) is 3.15. The van der Waals surface area contributed by atoms with Gasteiger partial charge in [-0.3, -0.25) is 4.79 Å². The summed E-state index contributed by atoms with van der Waals surface area (Å²) in [4.78, 5) is 17.5. The lowest BCUT2D eigenvalue weighted by Crippen LogP contribution is -2.13. The molecular formula is C25H20N2OS. The van der Waals surface area contributed by atoms with Gasteiger partial charge in [0, 0.05) is 12.0 Å². The minimum Gasteiger partial charge on any atom is -0.323 e. The number of rotatable bonds is 5. The molecule has 4 heteroatoms. The van der Waals surface area contributed by atoms with Gasteiger partial charge in [-0.05, 0) is 51.6 Å². The van der Waals surface area contributed by atoms with Crippen molar-refractivity contribution in [1.29, 1.82) is 0 Å². The van der Waals surface area contributed by atoms with Crippen LogP contribution in [0.25, 0.3) is 22.3 Å². The van der Waals surface area contributed by atoms with Crippen LogP contribution in [0.5, 0.6) is 0 Å². The molecule has 2 aromatic carbocycles. The number of carbonyl (C=O) groups is 1. The highest BCUT2D eigenvalue weighted by Gasteiger charge is 2.31. The lowest BCUT2D eigenvalue weighted by atomic mass is 9.91. The molecule has 142 valence electrons. The molecule has 0 aliphatic carbocycles. The maximum Gasteiger partial charge on any atom is 0.165 e. The Morgan fingerprint density at radius 1 is 1.00 bits per heavy atom. The first-order chi connectivity index (χ1) is 14.2. The smallest absolute Gasteiger partial charge is 0.165 e. The fourth-order valence-corrected chi connectivity index (χ4v) is 4.83. The molecule has 0 amide bonds. The van der Waals surface area contributed by atoms with Crippen molar-refractivity contribution in [2.45, 2.75) is 19.4 Å². The summed E-state index contributed by atoms with van der Waals surface area (Å²) < 4.78 is 2.13. The van der Waals surface area contributed by atoms with E-state index in [4.69, 9.17) is 0 Å². The molecule has 0 saturated carbocycles. The number of Topliss-reactive ketones (excluding diaryl/α,β-unsaturated/α-hetero) is 1. The van der Waals surface area contributed by atoms with Gasteiger partial charge >= 0.3 is 0 Å². The molecule has 0 radical (unpaired) electrons. The predicted octanol–water partition coefficient (Wildman–Crippen LogP) is 6.37. The Balaban J connectivity index is 1.45. The Bertz CT molecular complexity index is 1190. The van der Waals surface area contributed by atoms with Crippen LogP contribution in [0.1, 0.15) is 41.0 Å². The number of ketones is 1. The summed E-state index contributed by atoms with van der Waals surface area (Å²) in [6.45, 7) is 2.12. The Morgan fingerprint density at radius 2 is 1.79 bits per heavy atom. The van der Waals surface area contributed by atoms with E-state index in [0.717, 1.165) is 16.8 Å². The minimum atomic E-state index is -0.0287. The van der Waals surface area contributed by atoms with Gasteiger partial charge in [0.2, 0.25) is 0 Å². The van der Waals surface area contributed by atoms with E-state index >= 15 is 0 Å². The van der Waals surface area contributed by atoms with Crippen LogP contribution in [-0.2, 0) is 0 Å². The molecule has 1 aliphatic rings.